The van der Waals surface area contributed by atoms with Gasteiger partial charge in [-0.1, -0.05) is 30.3 Å². The molecule has 0 bridgehead atoms. The molecular weight excluding hydrogens is 302 g/mol. The van der Waals surface area contributed by atoms with E-state index in [1.807, 2.05) is 22.7 Å². The number of rotatable bonds is 3. The maximum Gasteiger partial charge on any atom is 0.254 e. The van der Waals surface area contributed by atoms with Crippen LogP contribution in [0.15, 0.2) is 42.7 Å². The topological polar surface area (TPSA) is 55.5 Å². The first-order valence-corrected chi connectivity index (χ1v) is 8.32. The van der Waals surface area contributed by atoms with E-state index < -0.39 is 0 Å². The van der Waals surface area contributed by atoms with E-state index in [9.17, 15) is 0 Å². The Kier molecular flexibility index (Phi) is 3.90. The highest BCUT2D eigenvalue weighted by molar-refractivity contribution is 5.66. The minimum atomic E-state index is 0.331. The van der Waals surface area contributed by atoms with Crippen LogP contribution in [0.4, 0.5) is 5.82 Å². The summed E-state index contributed by atoms with van der Waals surface area (Å²) in [6.45, 7) is 3.17. The summed E-state index contributed by atoms with van der Waals surface area (Å²) < 4.78 is 7.37. The van der Waals surface area contributed by atoms with Gasteiger partial charge in [0.1, 0.15) is 12.1 Å². The molecular formula is C18H21N5O. The van der Waals surface area contributed by atoms with E-state index in [0.717, 1.165) is 36.5 Å². The van der Waals surface area contributed by atoms with Gasteiger partial charge >= 0.3 is 0 Å². The Labute approximate surface area is 141 Å². The largest absolute Gasteiger partial charge is 0.381 e. The Balaban J connectivity index is 1.78. The third-order valence-corrected chi connectivity index (χ3v) is 4.76. The fourth-order valence-corrected chi connectivity index (χ4v) is 3.44. The van der Waals surface area contributed by atoms with Crippen LogP contribution in [0.2, 0.25) is 0 Å². The summed E-state index contributed by atoms with van der Waals surface area (Å²) >= 11 is 0. The average molecular weight is 323 g/mol. The lowest BCUT2D eigenvalue weighted by Gasteiger charge is -2.38. The molecule has 1 saturated heterocycles. The van der Waals surface area contributed by atoms with E-state index >= 15 is 0 Å². The maximum atomic E-state index is 5.54. The van der Waals surface area contributed by atoms with Gasteiger partial charge in [-0.2, -0.15) is 14.6 Å². The third kappa shape index (κ3) is 2.63. The normalized spacial score (nSPS) is 21.3. The van der Waals surface area contributed by atoms with Crippen LogP contribution in [0.1, 0.15) is 19.8 Å². The average Bonchev–Trinajstić information content (AvgIpc) is 3.10. The second kappa shape index (κ2) is 6.20. The predicted octanol–water partition coefficient (Wildman–Crippen LogP) is 2.80. The summed E-state index contributed by atoms with van der Waals surface area (Å²) in [6, 6.07) is 12.7. The minimum absolute atomic E-state index is 0.331. The van der Waals surface area contributed by atoms with Crippen molar-refractivity contribution in [2.24, 2.45) is 0 Å². The highest BCUT2D eigenvalue weighted by Crippen LogP contribution is 2.29. The molecule has 24 heavy (non-hydrogen) atoms. The first-order valence-electron chi connectivity index (χ1n) is 8.32. The zero-order valence-electron chi connectivity index (χ0n) is 14.0. The molecule has 4 rings (SSSR count). The molecule has 2 aromatic heterocycles. The smallest absolute Gasteiger partial charge is 0.254 e. The summed E-state index contributed by atoms with van der Waals surface area (Å²) in [5.41, 5.74) is 2.01. The number of hydrogen-bond donors (Lipinski definition) is 0. The van der Waals surface area contributed by atoms with Crippen LogP contribution in [0.3, 0.4) is 0 Å². The molecule has 0 saturated carbocycles. The molecule has 0 spiro atoms. The first kappa shape index (κ1) is 15.1. The van der Waals surface area contributed by atoms with Crippen LogP contribution in [0.25, 0.3) is 17.0 Å². The Bertz CT molecular complexity index is 832. The van der Waals surface area contributed by atoms with Crippen molar-refractivity contribution in [1.29, 1.82) is 0 Å². The van der Waals surface area contributed by atoms with Crippen molar-refractivity contribution in [3.63, 3.8) is 0 Å². The molecule has 0 N–H and O–H groups in total. The Morgan fingerprint density at radius 2 is 2.04 bits per heavy atom. The number of aromatic nitrogens is 4. The van der Waals surface area contributed by atoms with Gasteiger partial charge in [0.25, 0.3) is 5.78 Å². The van der Waals surface area contributed by atoms with Crippen molar-refractivity contribution in [3.05, 3.63) is 42.7 Å². The van der Waals surface area contributed by atoms with Gasteiger partial charge in [-0.05, 0) is 19.8 Å². The number of anilines is 1. The van der Waals surface area contributed by atoms with Crippen molar-refractivity contribution in [2.75, 3.05) is 18.6 Å². The number of hydrogen-bond acceptors (Lipinski definition) is 5. The SMILES string of the molecule is CO[C@H]1CCN(c2cc(-c3ccccc3)nc3ncnn23)[C@H](C)C1. The van der Waals surface area contributed by atoms with Gasteiger partial charge in [0.2, 0.25) is 0 Å². The molecule has 0 aliphatic carbocycles. The van der Waals surface area contributed by atoms with Gasteiger partial charge in [-0.15, -0.1) is 0 Å². The standard InChI is InChI=1S/C18H21N5O/c1-13-10-15(24-2)8-9-22(13)17-11-16(14-6-4-3-5-7-14)21-18-19-12-20-23(17)18/h3-7,11-13,15H,8-10H2,1-2H3/t13-,15+/m1/s1. The van der Waals surface area contributed by atoms with Crippen molar-refractivity contribution >= 4 is 11.6 Å². The number of ether oxygens (including phenoxy) is 1. The molecule has 0 amide bonds. The molecule has 1 fully saturated rings. The fraction of sp³-hybridized carbons (Fsp3) is 0.389. The van der Waals surface area contributed by atoms with Gasteiger partial charge in [0.15, 0.2) is 0 Å². The van der Waals surface area contributed by atoms with E-state index in [0.29, 0.717) is 17.9 Å². The van der Waals surface area contributed by atoms with Crippen LogP contribution >= 0.6 is 0 Å². The molecule has 0 radical (unpaired) electrons. The molecule has 124 valence electrons. The van der Waals surface area contributed by atoms with Crippen molar-refractivity contribution < 1.29 is 4.74 Å². The van der Waals surface area contributed by atoms with Gasteiger partial charge < -0.3 is 9.64 Å². The second-order valence-corrected chi connectivity index (χ2v) is 6.26. The molecule has 1 aliphatic heterocycles. The molecule has 6 nitrogen and oxygen atoms in total. The van der Waals surface area contributed by atoms with Gasteiger partial charge in [0.05, 0.1) is 11.8 Å². The Morgan fingerprint density at radius 1 is 1.21 bits per heavy atom. The highest BCUT2D eigenvalue weighted by Gasteiger charge is 2.27. The van der Waals surface area contributed by atoms with E-state index in [2.05, 4.69) is 45.1 Å². The summed E-state index contributed by atoms with van der Waals surface area (Å²) in [7, 11) is 1.79. The number of methoxy groups -OCH3 is 1. The zero-order chi connectivity index (χ0) is 16.5. The molecule has 3 heterocycles. The third-order valence-electron chi connectivity index (χ3n) is 4.76. The van der Waals surface area contributed by atoms with Gasteiger partial charge in [-0.25, -0.2) is 4.98 Å². The maximum absolute atomic E-state index is 5.54. The summed E-state index contributed by atoms with van der Waals surface area (Å²) in [4.78, 5) is 11.3. The lowest BCUT2D eigenvalue weighted by Crippen LogP contribution is -2.44. The van der Waals surface area contributed by atoms with Gasteiger partial charge in [-0.3, -0.25) is 0 Å². The number of piperidine rings is 1. The first-order chi connectivity index (χ1) is 11.8. The highest BCUT2D eigenvalue weighted by atomic mass is 16.5. The van der Waals surface area contributed by atoms with Crippen LogP contribution in [-0.2, 0) is 4.74 Å². The molecule has 1 aliphatic rings. The second-order valence-electron chi connectivity index (χ2n) is 6.26. The number of fused-ring (bicyclic) bond motifs is 1. The molecule has 1 aromatic carbocycles. The fourth-order valence-electron chi connectivity index (χ4n) is 3.44. The number of nitrogens with zero attached hydrogens (tertiary/aromatic N) is 5. The van der Waals surface area contributed by atoms with E-state index in [4.69, 9.17) is 4.74 Å². The van der Waals surface area contributed by atoms with Crippen molar-refractivity contribution in [1.82, 2.24) is 19.6 Å². The van der Waals surface area contributed by atoms with Gasteiger partial charge in [0, 0.05) is 31.3 Å². The Hall–Kier alpha value is -2.47. The van der Waals surface area contributed by atoms with E-state index in [1.54, 1.807) is 13.4 Å². The Morgan fingerprint density at radius 3 is 2.79 bits per heavy atom. The summed E-state index contributed by atoms with van der Waals surface area (Å²) in [5, 5.41) is 4.37. The van der Waals surface area contributed by atoms with Crippen molar-refractivity contribution in [2.45, 2.75) is 31.9 Å². The van der Waals surface area contributed by atoms with Crippen LogP contribution < -0.4 is 4.90 Å². The quantitative estimate of drug-likeness (QED) is 0.742. The molecule has 0 unspecified atom stereocenters. The molecule has 3 aromatic rings. The molecule has 6 heteroatoms. The monoisotopic (exact) mass is 323 g/mol. The van der Waals surface area contributed by atoms with E-state index in [1.165, 1.54) is 0 Å². The lowest BCUT2D eigenvalue weighted by molar-refractivity contribution is 0.0718. The lowest BCUT2D eigenvalue weighted by atomic mass is 10.0. The molecule has 2 atom stereocenters. The minimum Gasteiger partial charge on any atom is -0.381 e. The van der Waals surface area contributed by atoms with Crippen LogP contribution in [0.5, 0.6) is 0 Å². The number of benzene rings is 1. The summed E-state index contributed by atoms with van der Waals surface area (Å²) in [6.07, 6.45) is 3.92. The van der Waals surface area contributed by atoms with Crippen LogP contribution in [-0.4, -0.2) is 45.4 Å². The van der Waals surface area contributed by atoms with E-state index in [-0.39, 0.29) is 0 Å². The predicted molar refractivity (Wildman–Crippen MR) is 93.1 cm³/mol. The van der Waals surface area contributed by atoms with Crippen LogP contribution in [0, 0.1) is 0 Å². The zero-order valence-corrected chi connectivity index (χ0v) is 14.0. The van der Waals surface area contributed by atoms with Crippen molar-refractivity contribution in [3.8, 4) is 11.3 Å². The summed E-state index contributed by atoms with van der Waals surface area (Å²) in [5.74, 6) is 1.67.